The van der Waals surface area contributed by atoms with Crippen molar-refractivity contribution in [1.82, 2.24) is 36.8 Å². The molecule has 0 radical (unpaired) electrons. The molecule has 8 amide bonds. The standard InChI is InChI=1S/C86H113N7O28S2/c1-57(94)92-75-67(96)54-86(84(110)111,121-78(75)77(103)69(98)56-91-80(105)63-24-20-61(21-25-63)59-15-7-3-8-16-59)119-35-12-48-123-50-32-89-82(107)66-27-26-64(51-70(66)117-46-45-116-44-43-115-42-41-114-40-39-113-38-37-112-36-30-87-72(99)17-9-4-10-33-93-73(100)28-29-74(93)101)81(106)88-31-49-122-47-11-34-118-85(83(108)109)53-65(95)52-71(120-85)76(102)68(97)55-90-79(104)62-22-18-60(19-23-62)58-13-5-2-6-14-58/h2-3,5-8,13-16,18-29,51,65,67-69,71,75-78,95-98,102-103H,4,9-12,17,30-50,52-56H2,1H3,(H,87,99)(H,88,106)(H,89,107)(H,90,104)(H,91,105)(H,92,94)(H,108,109)(H,110,111)/t65-,67+,68-,69-,71-,75-,76-,77-,78-,85-,86-/m1/s1. The molecule has 0 saturated carbocycles. The molecule has 0 spiro atoms. The Balaban J connectivity index is 0.739. The molecule has 0 aliphatic carbocycles. The highest BCUT2D eigenvalue weighted by atomic mass is 32.2. The van der Waals surface area contributed by atoms with Crippen LogP contribution in [0.2, 0.25) is 0 Å². The van der Waals surface area contributed by atoms with E-state index in [4.69, 9.17) is 47.4 Å². The van der Waals surface area contributed by atoms with Crippen LogP contribution in [0.1, 0.15) is 106 Å². The number of carbonyl (C=O) groups excluding carboxylic acids is 8. The number of carboxylic acids is 2. The van der Waals surface area contributed by atoms with Crippen LogP contribution >= 0.6 is 23.5 Å². The fraction of sp³-hybridized carbons (Fsp3) is 0.512. The van der Waals surface area contributed by atoms with Crippen LogP contribution in [-0.2, 0) is 71.4 Å². The molecule has 2 fully saturated rings. The molecular weight excluding hydrogens is 1640 g/mol. The minimum Gasteiger partial charge on any atom is -0.490 e. The Labute approximate surface area is 721 Å². The zero-order chi connectivity index (χ0) is 88.4. The summed E-state index contributed by atoms with van der Waals surface area (Å²) in [4.78, 5) is 128. The fourth-order valence-electron chi connectivity index (χ4n) is 13.2. The van der Waals surface area contributed by atoms with Crippen molar-refractivity contribution in [3.05, 3.63) is 162 Å². The minimum absolute atomic E-state index is 0.0395. The van der Waals surface area contributed by atoms with Gasteiger partial charge in [0, 0.05) is 112 Å². The van der Waals surface area contributed by atoms with Crippen LogP contribution in [0.15, 0.2) is 140 Å². The van der Waals surface area contributed by atoms with Crippen LogP contribution in [0.3, 0.4) is 0 Å². The van der Waals surface area contributed by atoms with E-state index in [1.165, 1.54) is 58.8 Å². The molecule has 0 aromatic heterocycles. The number of thioether (sulfide) groups is 2. The first-order chi connectivity index (χ1) is 59.4. The van der Waals surface area contributed by atoms with E-state index in [-0.39, 0.29) is 112 Å². The number of benzene rings is 5. The summed E-state index contributed by atoms with van der Waals surface area (Å²) < 4.78 is 57.3. The fourth-order valence-corrected chi connectivity index (χ4v) is 14.8. The molecule has 123 heavy (non-hydrogen) atoms. The summed E-state index contributed by atoms with van der Waals surface area (Å²) in [6.07, 6.45) is -9.20. The number of hydrogen-bond acceptors (Lipinski definition) is 28. The smallest absolute Gasteiger partial charge is 0.364 e. The van der Waals surface area contributed by atoms with Gasteiger partial charge < -0.3 is 120 Å². The van der Waals surface area contributed by atoms with Gasteiger partial charge in [-0.05, 0) is 102 Å². The highest BCUT2D eigenvalue weighted by molar-refractivity contribution is 7.99. The van der Waals surface area contributed by atoms with Crippen molar-refractivity contribution in [2.75, 3.05) is 148 Å². The van der Waals surface area contributed by atoms with E-state index in [0.717, 1.165) is 29.2 Å². The lowest BCUT2D eigenvalue weighted by Gasteiger charge is -2.46. The van der Waals surface area contributed by atoms with Gasteiger partial charge in [0.25, 0.3) is 47.0 Å². The average molecular weight is 1760 g/mol. The molecule has 0 unspecified atom stereocenters. The monoisotopic (exact) mass is 1760 g/mol. The van der Waals surface area contributed by atoms with E-state index in [9.17, 15) is 88.8 Å². The minimum atomic E-state index is -2.54. The first-order valence-corrected chi connectivity index (χ1v) is 43.2. The molecule has 3 heterocycles. The van der Waals surface area contributed by atoms with E-state index in [1.807, 2.05) is 60.7 Å². The van der Waals surface area contributed by atoms with Crippen LogP contribution < -0.4 is 36.6 Å². The molecule has 14 N–H and O–H groups in total. The van der Waals surface area contributed by atoms with E-state index < -0.39 is 134 Å². The van der Waals surface area contributed by atoms with Crippen LogP contribution in [0.25, 0.3) is 22.3 Å². The topological polar surface area (TPSA) is 500 Å². The number of aliphatic hydroxyl groups excluding tert-OH is 6. The largest absolute Gasteiger partial charge is 0.490 e. The molecular formula is C86H113N7O28S2. The summed E-state index contributed by atoms with van der Waals surface area (Å²) in [6, 6.07) is 35.4. The maximum absolute atomic E-state index is 13.8. The van der Waals surface area contributed by atoms with E-state index in [0.29, 0.717) is 113 Å². The van der Waals surface area contributed by atoms with Gasteiger partial charge in [-0.2, -0.15) is 23.5 Å². The summed E-state index contributed by atoms with van der Waals surface area (Å²) in [6.45, 7) is 3.44. The van der Waals surface area contributed by atoms with Crippen LogP contribution in [0.5, 0.6) is 5.75 Å². The number of hydrogen-bond donors (Lipinski definition) is 14. The first kappa shape index (κ1) is 99.1. The third-order valence-electron chi connectivity index (χ3n) is 19.7. The molecule has 0 bridgehead atoms. The van der Waals surface area contributed by atoms with Gasteiger partial charge in [0.1, 0.15) is 30.7 Å². The van der Waals surface area contributed by atoms with Gasteiger partial charge in [-0.3, -0.25) is 43.3 Å². The number of amides is 8. The second-order valence-corrected chi connectivity index (χ2v) is 31.4. The highest BCUT2D eigenvalue weighted by Crippen LogP contribution is 2.36. The van der Waals surface area contributed by atoms with Gasteiger partial charge in [-0.1, -0.05) is 91.3 Å². The zero-order valence-corrected chi connectivity index (χ0v) is 70.2. The number of nitrogens with one attached hydrogen (secondary N) is 6. The quantitative estimate of drug-likeness (QED) is 0.0197. The molecule has 3 aliphatic rings. The Bertz CT molecular complexity index is 4160. The Hall–Kier alpha value is -9.36. The van der Waals surface area contributed by atoms with Crippen molar-refractivity contribution < 1.29 is 136 Å². The van der Waals surface area contributed by atoms with Crippen molar-refractivity contribution in [3.8, 4) is 28.0 Å². The lowest BCUT2D eigenvalue weighted by Crippen LogP contribution is -2.68. The van der Waals surface area contributed by atoms with E-state index >= 15 is 0 Å². The second kappa shape index (κ2) is 53.1. The summed E-state index contributed by atoms with van der Waals surface area (Å²) >= 11 is 2.80. The van der Waals surface area contributed by atoms with Crippen molar-refractivity contribution in [3.63, 3.8) is 0 Å². The Morgan fingerprint density at radius 2 is 0.951 bits per heavy atom. The number of carbonyl (C=O) groups is 10. The SMILES string of the molecule is CC(=O)N[C@H]1[C@H]([C@H](O)[C@H](O)CNC(=O)c2ccc(-c3ccccc3)cc2)O[C@@](OCCCSCCNC(=O)c2ccc(C(=O)NCCSCCCO[C@]3(C(=O)O)C[C@H](O)C[C@H]([C@H](O)[C@H](O)CNC(=O)c4ccc(-c5ccccc5)cc4)O3)cc2OCCOCCOCCOCCOCCOCCNC(=O)CCCCCN2C(=O)C=CC2=O)(C(=O)O)C[C@@H]1O. The number of ether oxygens (including phenoxy) is 10. The number of nitrogens with zero attached hydrogens (tertiary/aromatic N) is 1. The normalized spacial score (nSPS) is 19.8. The van der Waals surface area contributed by atoms with Gasteiger partial charge in [0.05, 0.1) is 121 Å². The lowest BCUT2D eigenvalue weighted by molar-refractivity contribution is -0.310. The van der Waals surface area contributed by atoms with Crippen molar-refractivity contribution in [2.45, 2.75) is 131 Å². The highest BCUT2D eigenvalue weighted by Gasteiger charge is 2.56. The van der Waals surface area contributed by atoms with Gasteiger partial charge >= 0.3 is 11.9 Å². The van der Waals surface area contributed by atoms with E-state index in [1.54, 1.807) is 48.5 Å². The number of aliphatic hydroxyl groups is 6. The lowest BCUT2D eigenvalue weighted by atomic mass is 9.88. The maximum Gasteiger partial charge on any atom is 0.364 e. The predicted molar refractivity (Wildman–Crippen MR) is 450 cm³/mol. The molecule has 5 aromatic carbocycles. The molecule has 37 heteroatoms. The summed E-state index contributed by atoms with van der Waals surface area (Å²) in [7, 11) is 0. The van der Waals surface area contributed by atoms with Gasteiger partial charge in [-0.15, -0.1) is 0 Å². The molecule has 5 aromatic rings. The average Bonchev–Trinajstić information content (AvgIpc) is 1.07. The zero-order valence-electron chi connectivity index (χ0n) is 68.6. The summed E-state index contributed by atoms with van der Waals surface area (Å²) in [5, 5.41) is 104. The summed E-state index contributed by atoms with van der Waals surface area (Å²) in [5.41, 5.74) is 4.45. The number of carboxylic acid groups (broad SMARTS) is 2. The van der Waals surface area contributed by atoms with Crippen LogP contribution in [-0.4, -0.2) is 320 Å². The number of unbranched alkanes of at least 4 members (excludes halogenated alkanes) is 2. The Morgan fingerprint density at radius 3 is 1.46 bits per heavy atom. The number of aliphatic carboxylic acids is 2. The van der Waals surface area contributed by atoms with E-state index in [2.05, 4.69) is 31.9 Å². The Kier molecular flexibility index (Phi) is 42.7. The van der Waals surface area contributed by atoms with Crippen molar-refractivity contribution >= 4 is 82.7 Å². The van der Waals surface area contributed by atoms with Gasteiger partial charge in [-0.25, -0.2) is 9.59 Å². The van der Waals surface area contributed by atoms with Crippen molar-refractivity contribution in [2.24, 2.45) is 0 Å². The van der Waals surface area contributed by atoms with Gasteiger partial charge in [0.2, 0.25) is 11.8 Å². The number of imide groups is 1. The predicted octanol–water partition coefficient (Wildman–Crippen LogP) is 2.88. The molecule has 2 saturated heterocycles. The molecule has 672 valence electrons. The third kappa shape index (κ3) is 32.9. The number of rotatable bonds is 58. The summed E-state index contributed by atoms with van der Waals surface area (Å²) in [5.74, 6) is -9.98. The Morgan fingerprint density at radius 1 is 0.488 bits per heavy atom. The molecule has 35 nitrogen and oxygen atoms in total. The molecule has 3 aliphatic heterocycles. The van der Waals surface area contributed by atoms with Crippen LogP contribution in [0, 0.1) is 0 Å². The third-order valence-corrected chi connectivity index (χ3v) is 21.9. The second-order valence-electron chi connectivity index (χ2n) is 29.0. The molecule has 8 rings (SSSR count). The van der Waals surface area contributed by atoms with Crippen LogP contribution in [0.4, 0.5) is 0 Å². The maximum atomic E-state index is 13.8. The van der Waals surface area contributed by atoms with Crippen molar-refractivity contribution in [1.29, 1.82) is 0 Å². The first-order valence-electron chi connectivity index (χ1n) is 40.9. The van der Waals surface area contributed by atoms with Gasteiger partial charge in [0.15, 0.2) is 0 Å². The molecule has 11 atom stereocenters.